The van der Waals surface area contributed by atoms with Gasteiger partial charge in [0.1, 0.15) is 0 Å². The van der Waals surface area contributed by atoms with Crippen LogP contribution >= 0.6 is 0 Å². The molecule has 0 heterocycles. The summed E-state index contributed by atoms with van der Waals surface area (Å²) in [5.74, 6) is 0. The molecule has 0 aromatic heterocycles. The van der Waals surface area contributed by atoms with Crippen molar-refractivity contribution in [2.24, 2.45) is 0 Å². The number of hydrogen-bond donors (Lipinski definition) is 2. The third-order valence-electron chi connectivity index (χ3n) is 0. The topological polar surface area (TPSA) is 91.7 Å². The predicted molar refractivity (Wildman–Crippen MR) is 16.0 cm³/mol. The van der Waals surface area contributed by atoms with Crippen molar-refractivity contribution in [3.8, 4) is 0 Å². The van der Waals surface area contributed by atoms with E-state index in [4.69, 9.17) is 21.2 Å². The van der Waals surface area contributed by atoms with Crippen molar-refractivity contribution >= 4 is 10.4 Å². The molecule has 7 heteroatoms. The van der Waals surface area contributed by atoms with Crippen molar-refractivity contribution in [3.63, 3.8) is 0 Å². The summed E-state index contributed by atoms with van der Waals surface area (Å²) in [4.78, 5) is 0. The maximum absolute atomic E-state index is 8.74. The molecule has 0 amide bonds. The Labute approximate surface area is 51.0 Å². The maximum atomic E-state index is 8.74. The van der Waals surface area contributed by atoms with Gasteiger partial charge in [-0.2, -0.15) is 8.42 Å². The van der Waals surface area contributed by atoms with Gasteiger partial charge in [-0.3, -0.25) is 9.11 Å². The van der Waals surface area contributed by atoms with Crippen LogP contribution in [0.25, 0.3) is 0 Å². The van der Waals surface area contributed by atoms with Crippen LogP contribution in [-0.2, 0) is 31.4 Å². The Morgan fingerprint density at radius 2 is 1.29 bits per heavy atom. The quantitative estimate of drug-likeness (QED) is 0.466. The minimum atomic E-state index is -4.67. The number of rotatable bonds is 0. The van der Waals surface area contributed by atoms with E-state index < -0.39 is 10.4 Å². The van der Waals surface area contributed by atoms with Crippen molar-refractivity contribution < 1.29 is 40.0 Å². The SMILES string of the molecule is O=S(=O)(O)O.[H-].[O]=[V]. The molecule has 0 fully saturated rings. The van der Waals surface area contributed by atoms with E-state index in [1.807, 2.05) is 0 Å². The average molecular weight is 166 g/mol. The second kappa shape index (κ2) is 4.41. The minimum absolute atomic E-state index is 0. The van der Waals surface area contributed by atoms with Crippen molar-refractivity contribution in [3.05, 3.63) is 0 Å². The zero-order valence-corrected chi connectivity index (χ0v) is 5.19. The summed E-state index contributed by atoms with van der Waals surface area (Å²) in [5, 5.41) is 0. The Balaban J connectivity index is -0.0000000750. The molecule has 45 valence electrons. The zero-order valence-electron chi connectivity index (χ0n) is 3.97. The van der Waals surface area contributed by atoms with E-state index in [2.05, 4.69) is 0 Å². The first-order valence-electron chi connectivity index (χ1n) is 0.881. The van der Waals surface area contributed by atoms with Crippen LogP contribution in [0.4, 0.5) is 0 Å². The monoisotopic (exact) mass is 166 g/mol. The summed E-state index contributed by atoms with van der Waals surface area (Å²) in [6, 6.07) is 0. The first-order chi connectivity index (χ1) is 3.00. The Kier molecular flexibility index (Phi) is 6.48. The summed E-state index contributed by atoms with van der Waals surface area (Å²) >= 11 is 1.06. The molecule has 0 radical (unpaired) electrons. The molecule has 0 aromatic rings. The first kappa shape index (κ1) is 10.3. The van der Waals surface area contributed by atoms with Crippen LogP contribution in [0.3, 0.4) is 0 Å². The summed E-state index contributed by atoms with van der Waals surface area (Å²) in [6.45, 7) is 0. The molecule has 5 nitrogen and oxygen atoms in total. The molecule has 0 rings (SSSR count). The molecule has 0 saturated heterocycles. The summed E-state index contributed by atoms with van der Waals surface area (Å²) < 4.78 is 39.8. The van der Waals surface area contributed by atoms with Gasteiger partial charge in [-0.05, 0) is 0 Å². The van der Waals surface area contributed by atoms with Crippen LogP contribution in [0, 0.1) is 0 Å². The van der Waals surface area contributed by atoms with Gasteiger partial charge in [-0.25, -0.2) is 0 Å². The van der Waals surface area contributed by atoms with Crippen molar-refractivity contribution in [1.82, 2.24) is 0 Å². The van der Waals surface area contributed by atoms with Gasteiger partial charge >= 0.3 is 31.4 Å². The van der Waals surface area contributed by atoms with Crippen LogP contribution in [0.1, 0.15) is 1.43 Å². The van der Waals surface area contributed by atoms with E-state index in [9.17, 15) is 0 Å². The fourth-order valence-electron chi connectivity index (χ4n) is 0. The van der Waals surface area contributed by atoms with Crippen LogP contribution in [0.5, 0.6) is 0 Å². The second-order valence-corrected chi connectivity index (χ2v) is 1.34. The Hall–Kier alpha value is 0.254. The molecule has 0 spiro atoms. The van der Waals surface area contributed by atoms with E-state index in [1.54, 1.807) is 0 Å². The third kappa shape index (κ3) is 1750. The Morgan fingerprint density at radius 1 is 1.29 bits per heavy atom. The molecular weight excluding hydrogens is 163 g/mol. The van der Waals surface area contributed by atoms with E-state index >= 15 is 0 Å². The van der Waals surface area contributed by atoms with E-state index in [0.717, 1.165) is 17.4 Å². The van der Waals surface area contributed by atoms with Crippen molar-refractivity contribution in [1.29, 1.82) is 0 Å². The standard InChI is InChI=1S/H2O4S.O.V.H/c1-5(2,3)4;;;/h(H2,1,2,3,4);;;/q;;;-1. The third-order valence-corrected chi connectivity index (χ3v) is 0. The van der Waals surface area contributed by atoms with Gasteiger partial charge in [0.25, 0.3) is 0 Å². The first-order valence-corrected chi connectivity index (χ1v) is 2.85. The normalized spacial score (nSPS) is 8.71. The molecule has 0 atom stereocenters. The van der Waals surface area contributed by atoms with Gasteiger partial charge in [0, 0.05) is 0 Å². The van der Waals surface area contributed by atoms with E-state index in [1.165, 1.54) is 0 Å². The number of hydrogen-bond acceptors (Lipinski definition) is 3. The average Bonchev–Trinajstić information content (AvgIpc) is 1.36. The Morgan fingerprint density at radius 3 is 1.29 bits per heavy atom. The van der Waals surface area contributed by atoms with Crippen LogP contribution in [-0.4, -0.2) is 17.5 Å². The summed E-state index contributed by atoms with van der Waals surface area (Å²) in [5.41, 5.74) is 0. The van der Waals surface area contributed by atoms with Gasteiger partial charge < -0.3 is 1.43 Å². The molecule has 7 heavy (non-hydrogen) atoms. The fraction of sp³-hybridized carbons (Fsp3) is 0. The van der Waals surface area contributed by atoms with Gasteiger partial charge in [-0.15, -0.1) is 0 Å². The molecule has 0 aliphatic rings. The van der Waals surface area contributed by atoms with Crippen LogP contribution in [0.15, 0.2) is 0 Å². The molecule has 0 bridgehead atoms. The molecule has 0 unspecified atom stereocenters. The summed E-state index contributed by atoms with van der Waals surface area (Å²) in [7, 11) is -4.67. The van der Waals surface area contributed by atoms with Crippen LogP contribution < -0.4 is 0 Å². The van der Waals surface area contributed by atoms with Crippen molar-refractivity contribution in [2.75, 3.05) is 0 Å². The molecule has 0 saturated carbocycles. The Bertz CT molecular complexity index is 106. The predicted octanol–water partition coefficient (Wildman–Crippen LogP) is -0.662. The van der Waals surface area contributed by atoms with Gasteiger partial charge in [0.2, 0.25) is 0 Å². The molecular formula is H3O5SV-. The van der Waals surface area contributed by atoms with E-state index in [-0.39, 0.29) is 1.43 Å². The van der Waals surface area contributed by atoms with Crippen LogP contribution in [0.2, 0.25) is 0 Å². The molecule has 2 N–H and O–H groups in total. The van der Waals surface area contributed by atoms with Gasteiger partial charge in [-0.1, -0.05) is 0 Å². The van der Waals surface area contributed by atoms with Crippen molar-refractivity contribution in [2.45, 2.75) is 0 Å². The van der Waals surface area contributed by atoms with E-state index in [0.29, 0.717) is 0 Å². The second-order valence-electron chi connectivity index (χ2n) is 0.448. The fourth-order valence-corrected chi connectivity index (χ4v) is 0. The summed E-state index contributed by atoms with van der Waals surface area (Å²) in [6.07, 6.45) is 0. The molecule has 0 aromatic carbocycles. The molecule has 0 aliphatic carbocycles. The molecule has 0 aliphatic heterocycles. The van der Waals surface area contributed by atoms with Gasteiger partial charge in [0.15, 0.2) is 0 Å². The zero-order chi connectivity index (χ0) is 6.50. The van der Waals surface area contributed by atoms with Gasteiger partial charge in [0.05, 0.1) is 0 Å².